The lowest BCUT2D eigenvalue weighted by Gasteiger charge is -2.04. The molecule has 3 nitrogen and oxygen atoms in total. The SMILES string of the molecule is CCc1ccc(C=NN=C(C(=O)c2ccccc2)c2ccccc2)cc1. The molecule has 0 unspecified atom stereocenters. The van der Waals surface area contributed by atoms with Crippen molar-refractivity contribution in [1.82, 2.24) is 0 Å². The third-order valence-electron chi connectivity index (χ3n) is 4.05. The fourth-order valence-corrected chi connectivity index (χ4v) is 2.55. The third kappa shape index (κ3) is 4.39. The van der Waals surface area contributed by atoms with Gasteiger partial charge in [0.1, 0.15) is 5.71 Å². The quantitative estimate of drug-likeness (QED) is 0.355. The first-order valence-electron chi connectivity index (χ1n) is 8.63. The Hall–Kier alpha value is -3.33. The molecule has 0 saturated carbocycles. The summed E-state index contributed by atoms with van der Waals surface area (Å²) < 4.78 is 0. The maximum absolute atomic E-state index is 12.9. The van der Waals surface area contributed by atoms with Gasteiger partial charge in [0.05, 0.1) is 6.21 Å². The number of carbonyl (C=O) groups excluding carboxylic acids is 1. The normalized spacial score (nSPS) is 11.7. The fourth-order valence-electron chi connectivity index (χ4n) is 2.55. The van der Waals surface area contributed by atoms with Gasteiger partial charge in [0, 0.05) is 11.1 Å². The maximum atomic E-state index is 12.9. The summed E-state index contributed by atoms with van der Waals surface area (Å²) in [6, 6.07) is 26.7. The van der Waals surface area contributed by atoms with Gasteiger partial charge in [0.25, 0.3) is 0 Å². The van der Waals surface area contributed by atoms with Crippen LogP contribution in [0.15, 0.2) is 95.1 Å². The Labute approximate surface area is 153 Å². The van der Waals surface area contributed by atoms with Crippen molar-refractivity contribution in [3.63, 3.8) is 0 Å². The standard InChI is InChI=1S/C23H20N2O/c1-2-18-13-15-19(16-14-18)17-24-25-22(20-9-5-3-6-10-20)23(26)21-11-7-4-8-12-21/h3-17H,2H2,1H3. The highest BCUT2D eigenvalue weighted by Gasteiger charge is 2.15. The van der Waals surface area contributed by atoms with Crippen LogP contribution in [0.5, 0.6) is 0 Å². The predicted octanol–water partition coefficient (Wildman–Crippen LogP) is 4.96. The number of Topliss-reactive ketones (excluding diaryl/α,β-unsaturated/α-hetero) is 1. The maximum Gasteiger partial charge on any atom is 0.213 e. The first-order chi connectivity index (χ1) is 12.8. The largest absolute Gasteiger partial charge is 0.287 e. The summed E-state index contributed by atoms with van der Waals surface area (Å²) in [6.45, 7) is 2.12. The van der Waals surface area contributed by atoms with Crippen LogP contribution in [0.25, 0.3) is 0 Å². The van der Waals surface area contributed by atoms with Gasteiger partial charge in [-0.2, -0.15) is 5.10 Å². The molecule has 0 aliphatic carbocycles. The average molecular weight is 340 g/mol. The highest BCUT2D eigenvalue weighted by atomic mass is 16.1. The first-order valence-corrected chi connectivity index (χ1v) is 8.63. The van der Waals surface area contributed by atoms with Gasteiger partial charge in [-0.1, -0.05) is 91.9 Å². The van der Waals surface area contributed by atoms with Crippen molar-refractivity contribution in [2.75, 3.05) is 0 Å². The second-order valence-corrected chi connectivity index (χ2v) is 5.85. The van der Waals surface area contributed by atoms with Crippen molar-refractivity contribution in [3.8, 4) is 0 Å². The van der Waals surface area contributed by atoms with Gasteiger partial charge in [-0.15, -0.1) is 5.10 Å². The van der Waals surface area contributed by atoms with Crippen LogP contribution in [0.2, 0.25) is 0 Å². The molecule has 0 bridgehead atoms. The van der Waals surface area contributed by atoms with Crippen LogP contribution in [0.1, 0.15) is 34.0 Å². The topological polar surface area (TPSA) is 41.8 Å². The van der Waals surface area contributed by atoms with Gasteiger partial charge in [-0.05, 0) is 17.5 Å². The Kier molecular flexibility index (Phi) is 5.84. The molecule has 3 aromatic carbocycles. The van der Waals surface area contributed by atoms with Gasteiger partial charge in [0.15, 0.2) is 0 Å². The molecule has 0 aliphatic heterocycles. The molecular formula is C23H20N2O. The molecule has 3 heteroatoms. The molecule has 0 radical (unpaired) electrons. The molecule has 0 aliphatic rings. The molecule has 0 fully saturated rings. The summed E-state index contributed by atoms with van der Waals surface area (Å²) in [4.78, 5) is 12.9. The van der Waals surface area contributed by atoms with Crippen LogP contribution in [-0.4, -0.2) is 17.7 Å². The van der Waals surface area contributed by atoms with Crippen LogP contribution in [0.4, 0.5) is 0 Å². The van der Waals surface area contributed by atoms with Crippen molar-refractivity contribution in [1.29, 1.82) is 0 Å². The Morgan fingerprint density at radius 1 is 0.808 bits per heavy atom. The Morgan fingerprint density at radius 3 is 1.96 bits per heavy atom. The van der Waals surface area contributed by atoms with Crippen molar-refractivity contribution in [2.45, 2.75) is 13.3 Å². The predicted molar refractivity (Wildman–Crippen MR) is 107 cm³/mol. The average Bonchev–Trinajstić information content (AvgIpc) is 2.72. The molecule has 128 valence electrons. The highest BCUT2D eigenvalue weighted by Crippen LogP contribution is 2.10. The molecule has 3 aromatic rings. The van der Waals surface area contributed by atoms with Crippen LogP contribution >= 0.6 is 0 Å². The lowest BCUT2D eigenvalue weighted by molar-refractivity contribution is 0.106. The number of nitrogens with zero attached hydrogens (tertiary/aromatic N) is 2. The number of hydrogen-bond donors (Lipinski definition) is 0. The molecule has 0 spiro atoms. The zero-order valence-electron chi connectivity index (χ0n) is 14.7. The van der Waals surface area contributed by atoms with E-state index in [1.807, 2.05) is 60.7 Å². The van der Waals surface area contributed by atoms with Gasteiger partial charge >= 0.3 is 0 Å². The van der Waals surface area contributed by atoms with Crippen molar-refractivity contribution in [2.24, 2.45) is 10.2 Å². The van der Waals surface area contributed by atoms with E-state index in [0.717, 1.165) is 17.5 Å². The van der Waals surface area contributed by atoms with Crippen LogP contribution in [0, 0.1) is 0 Å². The second kappa shape index (κ2) is 8.67. The Balaban J connectivity index is 1.91. The summed E-state index contributed by atoms with van der Waals surface area (Å²) in [7, 11) is 0. The second-order valence-electron chi connectivity index (χ2n) is 5.85. The molecule has 0 heterocycles. The zero-order chi connectivity index (χ0) is 18.2. The van der Waals surface area contributed by atoms with E-state index < -0.39 is 0 Å². The minimum absolute atomic E-state index is 0.143. The molecule has 0 atom stereocenters. The van der Waals surface area contributed by atoms with Crippen LogP contribution < -0.4 is 0 Å². The van der Waals surface area contributed by atoms with Gasteiger partial charge in [-0.3, -0.25) is 4.79 Å². The number of ketones is 1. The van der Waals surface area contributed by atoms with Crippen molar-refractivity contribution in [3.05, 3.63) is 107 Å². The summed E-state index contributed by atoms with van der Waals surface area (Å²) in [6.07, 6.45) is 2.67. The van der Waals surface area contributed by atoms with E-state index in [1.54, 1.807) is 18.3 Å². The number of aryl methyl sites for hydroxylation is 1. The van der Waals surface area contributed by atoms with E-state index >= 15 is 0 Å². The molecule has 3 rings (SSSR count). The molecule has 0 saturated heterocycles. The fraction of sp³-hybridized carbons (Fsp3) is 0.0870. The summed E-state index contributed by atoms with van der Waals surface area (Å²) in [5.74, 6) is -0.143. The molecule has 0 aromatic heterocycles. The van der Waals surface area contributed by atoms with E-state index in [-0.39, 0.29) is 5.78 Å². The Morgan fingerprint density at radius 2 is 1.38 bits per heavy atom. The van der Waals surface area contributed by atoms with Crippen molar-refractivity contribution < 1.29 is 4.79 Å². The van der Waals surface area contributed by atoms with E-state index in [9.17, 15) is 4.79 Å². The first kappa shape index (κ1) is 17.5. The van der Waals surface area contributed by atoms with Crippen molar-refractivity contribution >= 4 is 17.7 Å². The lowest BCUT2D eigenvalue weighted by Crippen LogP contribution is -2.15. The summed E-state index contributed by atoms with van der Waals surface area (Å²) >= 11 is 0. The molecule has 0 amide bonds. The zero-order valence-corrected chi connectivity index (χ0v) is 14.7. The van der Waals surface area contributed by atoms with Gasteiger partial charge < -0.3 is 0 Å². The molecule has 0 N–H and O–H groups in total. The third-order valence-corrected chi connectivity index (χ3v) is 4.05. The smallest absolute Gasteiger partial charge is 0.213 e. The summed E-state index contributed by atoms with van der Waals surface area (Å²) in [5, 5.41) is 8.41. The van der Waals surface area contributed by atoms with Crippen LogP contribution in [0.3, 0.4) is 0 Å². The van der Waals surface area contributed by atoms with E-state index in [4.69, 9.17) is 0 Å². The molecule has 26 heavy (non-hydrogen) atoms. The van der Waals surface area contributed by atoms with E-state index in [2.05, 4.69) is 29.3 Å². The number of hydrogen-bond acceptors (Lipinski definition) is 3. The van der Waals surface area contributed by atoms with Crippen LogP contribution in [-0.2, 0) is 6.42 Å². The summed E-state index contributed by atoms with van der Waals surface area (Å²) in [5.41, 5.74) is 3.90. The highest BCUT2D eigenvalue weighted by molar-refractivity contribution is 6.51. The van der Waals surface area contributed by atoms with E-state index in [1.165, 1.54) is 5.56 Å². The lowest BCUT2D eigenvalue weighted by atomic mass is 10.0. The van der Waals surface area contributed by atoms with Gasteiger partial charge in [-0.25, -0.2) is 0 Å². The Bertz CT molecular complexity index is 911. The number of rotatable bonds is 6. The van der Waals surface area contributed by atoms with Gasteiger partial charge in [0.2, 0.25) is 5.78 Å². The minimum atomic E-state index is -0.143. The minimum Gasteiger partial charge on any atom is -0.287 e. The monoisotopic (exact) mass is 340 g/mol. The molecular weight excluding hydrogens is 320 g/mol. The number of carbonyl (C=O) groups is 1. The number of benzene rings is 3. The van der Waals surface area contributed by atoms with E-state index in [0.29, 0.717) is 11.3 Å².